The molecule has 160 valence electrons. The van der Waals surface area contributed by atoms with E-state index < -0.39 is 0 Å². The molecule has 3 aliphatic rings. The van der Waals surface area contributed by atoms with Gasteiger partial charge in [-0.15, -0.1) is 0 Å². The molecular weight excluding hydrogens is 366 g/mol. The zero-order valence-corrected chi connectivity index (χ0v) is 17.5. The predicted octanol–water partition coefficient (Wildman–Crippen LogP) is 1.55. The van der Waals surface area contributed by atoms with Crippen LogP contribution in [0.25, 0.3) is 0 Å². The summed E-state index contributed by atoms with van der Waals surface area (Å²) in [4.78, 5) is 17.8. The van der Waals surface area contributed by atoms with Gasteiger partial charge in [-0.05, 0) is 31.2 Å². The lowest BCUT2D eigenvalue weighted by molar-refractivity contribution is -0.128. The van der Waals surface area contributed by atoms with E-state index in [-0.39, 0.29) is 17.4 Å². The fourth-order valence-electron chi connectivity index (χ4n) is 4.83. The number of ether oxygens (including phenoxy) is 2. The number of piperazine rings is 1. The monoisotopic (exact) mass is 401 g/mol. The topological polar surface area (TPSA) is 54.0 Å². The average molecular weight is 402 g/mol. The molecule has 1 unspecified atom stereocenters. The van der Waals surface area contributed by atoms with Gasteiger partial charge in [0.05, 0.1) is 12.1 Å². The number of rotatable bonds is 7. The van der Waals surface area contributed by atoms with Crippen molar-refractivity contribution in [2.45, 2.75) is 31.2 Å². The molecule has 0 aromatic heterocycles. The largest absolute Gasteiger partial charge is 0.381 e. The second-order valence-corrected chi connectivity index (χ2v) is 8.70. The van der Waals surface area contributed by atoms with Gasteiger partial charge in [0.15, 0.2) is 0 Å². The Bertz CT molecular complexity index is 634. The number of benzene rings is 1. The molecule has 1 aromatic rings. The van der Waals surface area contributed by atoms with Gasteiger partial charge in [-0.3, -0.25) is 9.69 Å². The third kappa shape index (κ3) is 5.37. The quantitative estimate of drug-likeness (QED) is 0.751. The highest BCUT2D eigenvalue weighted by Gasteiger charge is 2.42. The highest BCUT2D eigenvalue weighted by atomic mass is 16.5. The van der Waals surface area contributed by atoms with Crippen molar-refractivity contribution in [3.05, 3.63) is 35.9 Å². The van der Waals surface area contributed by atoms with Crippen LogP contribution in [0.1, 0.15) is 24.8 Å². The van der Waals surface area contributed by atoms with Crippen molar-refractivity contribution in [1.29, 1.82) is 0 Å². The van der Waals surface area contributed by atoms with Crippen LogP contribution in [0.4, 0.5) is 0 Å². The van der Waals surface area contributed by atoms with E-state index in [0.717, 1.165) is 71.6 Å². The molecule has 0 aliphatic carbocycles. The molecule has 6 heteroatoms. The van der Waals surface area contributed by atoms with Crippen LogP contribution < -0.4 is 5.32 Å². The van der Waals surface area contributed by atoms with Crippen molar-refractivity contribution in [3.8, 4) is 0 Å². The van der Waals surface area contributed by atoms with E-state index in [1.54, 1.807) is 0 Å². The molecule has 3 saturated heterocycles. The van der Waals surface area contributed by atoms with Crippen LogP contribution in [0.5, 0.6) is 0 Å². The van der Waals surface area contributed by atoms with E-state index in [1.807, 2.05) is 0 Å². The Morgan fingerprint density at radius 2 is 1.79 bits per heavy atom. The third-order valence-electron chi connectivity index (χ3n) is 6.87. The van der Waals surface area contributed by atoms with Crippen LogP contribution in [0, 0.1) is 5.92 Å². The van der Waals surface area contributed by atoms with Crippen molar-refractivity contribution in [2.24, 2.45) is 5.92 Å². The van der Waals surface area contributed by atoms with Crippen molar-refractivity contribution in [1.82, 2.24) is 15.1 Å². The third-order valence-corrected chi connectivity index (χ3v) is 6.87. The Balaban J connectivity index is 1.26. The standard InChI is InChI=1S/C23H35N3O3/c27-22(21-7-15-28-16-8-21)24-18-23(9-17-29-19-23)26-13-11-25(12-14-26)10-6-20-4-2-1-3-5-20/h1-5,21H,6-19H2,(H,24,27). The summed E-state index contributed by atoms with van der Waals surface area (Å²) in [5, 5.41) is 3.26. The molecule has 3 aliphatic heterocycles. The predicted molar refractivity (Wildman–Crippen MR) is 113 cm³/mol. The van der Waals surface area contributed by atoms with Gasteiger partial charge in [-0.1, -0.05) is 30.3 Å². The van der Waals surface area contributed by atoms with Gasteiger partial charge in [0, 0.05) is 65.0 Å². The highest BCUT2D eigenvalue weighted by molar-refractivity contribution is 5.78. The van der Waals surface area contributed by atoms with Gasteiger partial charge in [0.2, 0.25) is 5.91 Å². The van der Waals surface area contributed by atoms with Gasteiger partial charge >= 0.3 is 0 Å². The van der Waals surface area contributed by atoms with E-state index in [4.69, 9.17) is 9.47 Å². The number of carbonyl (C=O) groups is 1. The first-order valence-electron chi connectivity index (χ1n) is 11.2. The molecule has 0 saturated carbocycles. The smallest absolute Gasteiger partial charge is 0.223 e. The van der Waals surface area contributed by atoms with Crippen LogP contribution in [0.15, 0.2) is 30.3 Å². The summed E-state index contributed by atoms with van der Waals surface area (Å²) in [6.45, 7) is 9.01. The van der Waals surface area contributed by atoms with Crippen LogP contribution in [-0.2, 0) is 20.7 Å². The fourth-order valence-corrected chi connectivity index (χ4v) is 4.83. The Labute approximate surface area is 174 Å². The van der Waals surface area contributed by atoms with Crippen molar-refractivity contribution >= 4 is 5.91 Å². The van der Waals surface area contributed by atoms with Crippen LogP contribution in [0.2, 0.25) is 0 Å². The second-order valence-electron chi connectivity index (χ2n) is 8.70. The maximum atomic E-state index is 12.6. The lowest BCUT2D eigenvalue weighted by atomic mass is 9.93. The Morgan fingerprint density at radius 1 is 1.03 bits per heavy atom. The SMILES string of the molecule is O=C(NCC1(N2CCN(CCc3ccccc3)CC2)CCOC1)C1CCOCC1. The van der Waals surface area contributed by atoms with Gasteiger partial charge in [-0.2, -0.15) is 0 Å². The lowest BCUT2D eigenvalue weighted by Crippen LogP contribution is -2.62. The zero-order valence-electron chi connectivity index (χ0n) is 17.5. The summed E-state index contributed by atoms with van der Waals surface area (Å²) >= 11 is 0. The molecule has 0 bridgehead atoms. The first kappa shape index (κ1) is 20.8. The lowest BCUT2D eigenvalue weighted by Gasteiger charge is -2.45. The molecule has 29 heavy (non-hydrogen) atoms. The highest BCUT2D eigenvalue weighted by Crippen LogP contribution is 2.27. The van der Waals surface area contributed by atoms with Crippen molar-refractivity contribution in [3.63, 3.8) is 0 Å². The van der Waals surface area contributed by atoms with Gasteiger partial charge < -0.3 is 19.7 Å². The molecule has 0 radical (unpaired) electrons. The number of hydrogen-bond donors (Lipinski definition) is 1. The van der Waals surface area contributed by atoms with E-state index >= 15 is 0 Å². The first-order chi connectivity index (χ1) is 14.3. The van der Waals surface area contributed by atoms with E-state index in [9.17, 15) is 4.79 Å². The Kier molecular flexibility index (Phi) is 7.19. The minimum absolute atomic E-state index is 0.0354. The second kappa shape index (κ2) is 10.0. The maximum absolute atomic E-state index is 12.6. The van der Waals surface area contributed by atoms with E-state index in [1.165, 1.54) is 5.56 Å². The number of nitrogens with one attached hydrogen (secondary N) is 1. The first-order valence-corrected chi connectivity index (χ1v) is 11.2. The summed E-state index contributed by atoms with van der Waals surface area (Å²) in [5.74, 6) is 0.305. The van der Waals surface area contributed by atoms with E-state index in [2.05, 4.69) is 45.4 Å². The van der Waals surface area contributed by atoms with E-state index in [0.29, 0.717) is 19.8 Å². The molecule has 4 rings (SSSR count). The molecule has 0 spiro atoms. The molecule has 1 amide bonds. The number of nitrogens with zero attached hydrogens (tertiary/aromatic N) is 2. The normalized spacial score (nSPS) is 27.2. The Hall–Kier alpha value is -1.47. The van der Waals surface area contributed by atoms with Crippen LogP contribution in [0.3, 0.4) is 0 Å². The van der Waals surface area contributed by atoms with Crippen LogP contribution in [-0.4, -0.2) is 86.9 Å². The summed E-state index contributed by atoms with van der Waals surface area (Å²) < 4.78 is 11.2. The number of hydrogen-bond acceptors (Lipinski definition) is 5. The molecule has 1 aromatic carbocycles. The fraction of sp³-hybridized carbons (Fsp3) is 0.696. The van der Waals surface area contributed by atoms with Gasteiger partial charge in [0.1, 0.15) is 0 Å². The van der Waals surface area contributed by atoms with Crippen molar-refractivity contribution < 1.29 is 14.3 Å². The zero-order chi connectivity index (χ0) is 19.9. The van der Waals surface area contributed by atoms with Gasteiger partial charge in [-0.25, -0.2) is 0 Å². The molecule has 3 heterocycles. The Morgan fingerprint density at radius 3 is 2.48 bits per heavy atom. The van der Waals surface area contributed by atoms with Crippen LogP contribution >= 0.6 is 0 Å². The van der Waals surface area contributed by atoms with Crippen molar-refractivity contribution in [2.75, 3.05) is 65.7 Å². The number of carbonyl (C=O) groups excluding carboxylic acids is 1. The molecule has 6 nitrogen and oxygen atoms in total. The van der Waals surface area contributed by atoms with Gasteiger partial charge in [0.25, 0.3) is 0 Å². The molecule has 1 atom stereocenters. The maximum Gasteiger partial charge on any atom is 0.223 e. The summed E-state index contributed by atoms with van der Waals surface area (Å²) in [6, 6.07) is 10.7. The number of amides is 1. The minimum atomic E-state index is -0.0354. The molecular formula is C23H35N3O3. The molecule has 1 N–H and O–H groups in total. The summed E-state index contributed by atoms with van der Waals surface area (Å²) in [5.41, 5.74) is 1.37. The molecule has 3 fully saturated rings. The minimum Gasteiger partial charge on any atom is -0.381 e. The average Bonchev–Trinajstić information content (AvgIpc) is 3.28. The summed E-state index contributed by atoms with van der Waals surface area (Å²) in [6.07, 6.45) is 3.80. The summed E-state index contributed by atoms with van der Waals surface area (Å²) in [7, 11) is 0.